The third-order valence-electron chi connectivity index (χ3n) is 2.65. The normalized spacial score (nSPS) is 10.5. The van der Waals surface area contributed by atoms with Gasteiger partial charge in [-0.3, -0.25) is 4.79 Å². The number of hydrogen-bond acceptors (Lipinski definition) is 1. The fourth-order valence-corrected chi connectivity index (χ4v) is 3.02. The van der Waals surface area contributed by atoms with Crippen LogP contribution in [0.5, 0.6) is 0 Å². The number of Topliss-reactive ketones (excluding diaryl/α,β-unsaturated/α-hetero) is 1. The summed E-state index contributed by atoms with van der Waals surface area (Å²) in [5.41, 5.74) is 2.31. The lowest BCUT2D eigenvalue weighted by Crippen LogP contribution is -2.04. The van der Waals surface area contributed by atoms with Gasteiger partial charge in [-0.1, -0.05) is 31.9 Å². The molecule has 1 nitrogen and oxygen atoms in total. The Morgan fingerprint density at radius 3 is 2.37 bits per heavy atom. The van der Waals surface area contributed by atoms with Crippen molar-refractivity contribution in [2.24, 2.45) is 0 Å². The summed E-state index contributed by atoms with van der Waals surface area (Å²) in [4.78, 5) is 12.2. The van der Waals surface area contributed by atoms with E-state index in [-0.39, 0.29) is 18.0 Å². The lowest BCUT2D eigenvalue weighted by atomic mass is 10.0. The van der Waals surface area contributed by atoms with Gasteiger partial charge in [0.05, 0.1) is 0 Å². The van der Waals surface area contributed by atoms with Gasteiger partial charge >= 0.3 is 0 Å². The van der Waals surface area contributed by atoms with Gasteiger partial charge in [-0.15, -0.1) is 0 Å². The van der Waals surface area contributed by atoms with E-state index in [4.69, 9.17) is 0 Å². The van der Waals surface area contributed by atoms with Crippen LogP contribution in [0.4, 0.5) is 4.39 Å². The van der Waals surface area contributed by atoms with Crippen LogP contribution in [-0.2, 0) is 6.42 Å². The molecule has 0 saturated heterocycles. The Balaban J connectivity index is 2.25. The van der Waals surface area contributed by atoms with Crippen molar-refractivity contribution in [1.82, 2.24) is 0 Å². The molecule has 0 aromatic heterocycles. The summed E-state index contributed by atoms with van der Waals surface area (Å²) in [6.45, 7) is 1.93. The van der Waals surface area contributed by atoms with E-state index in [1.54, 1.807) is 12.1 Å². The van der Waals surface area contributed by atoms with Crippen LogP contribution < -0.4 is 0 Å². The van der Waals surface area contributed by atoms with Gasteiger partial charge < -0.3 is 0 Å². The second-order valence-corrected chi connectivity index (χ2v) is 6.23. The fraction of sp³-hybridized carbons (Fsp3) is 0.133. The second-order valence-electron chi connectivity index (χ2n) is 4.39. The smallest absolute Gasteiger partial charge is 0.167 e. The van der Waals surface area contributed by atoms with Gasteiger partial charge in [0.15, 0.2) is 5.78 Å². The van der Waals surface area contributed by atoms with E-state index in [9.17, 15) is 9.18 Å². The Bertz CT molecular complexity index is 598. The second kappa shape index (κ2) is 5.97. The molecule has 0 saturated carbocycles. The minimum absolute atomic E-state index is 0.0260. The average molecular weight is 386 g/mol. The van der Waals surface area contributed by atoms with Gasteiger partial charge in [0.2, 0.25) is 0 Å². The third-order valence-corrected chi connectivity index (χ3v) is 3.57. The first-order chi connectivity index (χ1) is 8.94. The lowest BCUT2D eigenvalue weighted by molar-refractivity contribution is 0.0993. The van der Waals surface area contributed by atoms with Crippen molar-refractivity contribution in [2.45, 2.75) is 13.3 Å². The molecule has 2 rings (SSSR count). The number of aryl methyl sites for hydroxylation is 1. The number of halogens is 3. The van der Waals surface area contributed by atoms with Gasteiger partial charge in [-0.25, -0.2) is 4.39 Å². The number of carbonyl (C=O) groups excluding carboxylic acids is 1. The van der Waals surface area contributed by atoms with Crippen molar-refractivity contribution in [1.29, 1.82) is 0 Å². The molecule has 98 valence electrons. The predicted molar refractivity (Wildman–Crippen MR) is 81.0 cm³/mol. The van der Waals surface area contributed by atoms with Crippen molar-refractivity contribution in [3.63, 3.8) is 0 Å². The van der Waals surface area contributed by atoms with Crippen LogP contribution in [0.25, 0.3) is 0 Å². The van der Waals surface area contributed by atoms with Gasteiger partial charge in [-0.2, -0.15) is 0 Å². The molecule has 0 N–H and O–H groups in total. The maximum absolute atomic E-state index is 13.3. The number of ketones is 1. The molecule has 0 fully saturated rings. The molecule has 0 amide bonds. The van der Waals surface area contributed by atoms with Gasteiger partial charge in [0.25, 0.3) is 0 Å². The molecule has 0 unspecified atom stereocenters. The maximum Gasteiger partial charge on any atom is 0.167 e. The van der Waals surface area contributed by atoms with Crippen molar-refractivity contribution in [3.8, 4) is 0 Å². The first-order valence-electron chi connectivity index (χ1n) is 5.69. The highest BCUT2D eigenvalue weighted by atomic mass is 79.9. The van der Waals surface area contributed by atoms with E-state index in [2.05, 4.69) is 31.9 Å². The topological polar surface area (TPSA) is 17.1 Å². The summed E-state index contributed by atoms with van der Waals surface area (Å²) in [5.74, 6) is -0.371. The summed E-state index contributed by atoms with van der Waals surface area (Å²) in [5, 5.41) is 0. The summed E-state index contributed by atoms with van der Waals surface area (Å²) >= 11 is 6.59. The van der Waals surface area contributed by atoms with Crippen LogP contribution in [-0.4, -0.2) is 5.78 Å². The minimum atomic E-state index is -0.345. The molecule has 2 aromatic rings. The molecule has 0 bridgehead atoms. The molecule has 4 heteroatoms. The standard InChI is InChI=1S/C15H11Br2FO/c1-9-2-11(7-12(16)3-9)15(19)6-10-4-13(17)8-14(18)5-10/h2-5,7-8H,6H2,1H3. The molecular weight excluding hydrogens is 375 g/mol. The SMILES string of the molecule is Cc1cc(Br)cc(C(=O)Cc2cc(F)cc(Br)c2)c1. The van der Waals surface area contributed by atoms with E-state index >= 15 is 0 Å². The Morgan fingerprint density at radius 2 is 1.74 bits per heavy atom. The van der Waals surface area contributed by atoms with Gasteiger partial charge in [-0.05, 0) is 54.4 Å². The molecule has 0 atom stereocenters. The molecule has 0 heterocycles. The Kier molecular flexibility index (Phi) is 4.53. The van der Waals surface area contributed by atoms with Crippen LogP contribution >= 0.6 is 31.9 Å². The molecule has 0 aliphatic carbocycles. The van der Waals surface area contributed by atoms with E-state index in [1.165, 1.54) is 12.1 Å². The molecule has 0 aliphatic heterocycles. The van der Waals surface area contributed by atoms with Crippen molar-refractivity contribution in [3.05, 3.63) is 67.9 Å². The zero-order valence-electron chi connectivity index (χ0n) is 10.2. The maximum atomic E-state index is 13.3. The predicted octanol–water partition coefficient (Wildman–Crippen LogP) is 5.08. The van der Waals surface area contributed by atoms with E-state index in [0.717, 1.165) is 10.0 Å². The molecule has 19 heavy (non-hydrogen) atoms. The number of carbonyl (C=O) groups is 1. The van der Waals surface area contributed by atoms with E-state index in [0.29, 0.717) is 15.6 Å². The van der Waals surface area contributed by atoms with Crippen molar-refractivity contribution in [2.75, 3.05) is 0 Å². The van der Waals surface area contributed by atoms with Gasteiger partial charge in [0.1, 0.15) is 5.82 Å². The Morgan fingerprint density at radius 1 is 1.05 bits per heavy atom. The zero-order valence-corrected chi connectivity index (χ0v) is 13.4. The third kappa shape index (κ3) is 3.98. The molecular formula is C15H11Br2FO. The first kappa shape index (κ1) is 14.4. The average Bonchev–Trinajstić information content (AvgIpc) is 2.25. The van der Waals surface area contributed by atoms with Gasteiger partial charge in [0, 0.05) is 20.9 Å². The first-order valence-corrected chi connectivity index (χ1v) is 7.28. The summed E-state index contributed by atoms with van der Waals surface area (Å²) < 4.78 is 14.8. The van der Waals surface area contributed by atoms with Crippen LogP contribution in [0.3, 0.4) is 0 Å². The monoisotopic (exact) mass is 384 g/mol. The summed E-state index contributed by atoms with van der Waals surface area (Å²) in [6.07, 6.45) is 0.187. The largest absolute Gasteiger partial charge is 0.294 e. The lowest BCUT2D eigenvalue weighted by Gasteiger charge is -2.05. The van der Waals surface area contributed by atoms with Crippen molar-refractivity contribution < 1.29 is 9.18 Å². The molecule has 0 radical (unpaired) electrons. The number of benzene rings is 2. The van der Waals surface area contributed by atoms with Crippen LogP contribution in [0, 0.1) is 12.7 Å². The fourth-order valence-electron chi connectivity index (χ4n) is 1.90. The summed E-state index contributed by atoms with van der Waals surface area (Å²) in [6, 6.07) is 10.1. The molecule has 0 aliphatic rings. The highest BCUT2D eigenvalue weighted by Crippen LogP contribution is 2.19. The van der Waals surface area contributed by atoms with Crippen LogP contribution in [0.1, 0.15) is 21.5 Å². The Hall–Kier alpha value is -1.000. The molecule has 0 spiro atoms. The van der Waals surface area contributed by atoms with Crippen LogP contribution in [0.2, 0.25) is 0 Å². The van der Waals surface area contributed by atoms with Crippen molar-refractivity contribution >= 4 is 37.6 Å². The quantitative estimate of drug-likeness (QED) is 0.673. The number of hydrogen-bond donors (Lipinski definition) is 0. The number of rotatable bonds is 3. The van der Waals surface area contributed by atoms with E-state index < -0.39 is 0 Å². The van der Waals surface area contributed by atoms with Crippen LogP contribution in [0.15, 0.2) is 45.3 Å². The van der Waals surface area contributed by atoms with E-state index in [1.807, 2.05) is 19.1 Å². The Labute approximate surface area is 128 Å². The minimum Gasteiger partial charge on any atom is -0.294 e. The summed E-state index contributed by atoms with van der Waals surface area (Å²) in [7, 11) is 0. The zero-order chi connectivity index (χ0) is 14.0. The molecule has 2 aromatic carbocycles. The highest BCUT2D eigenvalue weighted by molar-refractivity contribution is 9.10. The highest BCUT2D eigenvalue weighted by Gasteiger charge is 2.10.